The first kappa shape index (κ1) is 15.8. The minimum atomic E-state index is 0.147. The minimum absolute atomic E-state index is 0.147. The molecule has 126 valence electrons. The number of hydrogen-bond donors (Lipinski definition) is 0. The molecular weight excluding hydrogens is 320 g/mol. The Bertz CT molecular complexity index is 689. The lowest BCUT2D eigenvalue weighted by Crippen LogP contribution is -2.34. The fraction of sp³-hybridized carbons (Fsp3) is 0.474. The van der Waals surface area contributed by atoms with Crippen LogP contribution in [0.1, 0.15) is 35.2 Å². The molecule has 0 aromatic carbocycles. The summed E-state index contributed by atoms with van der Waals surface area (Å²) < 4.78 is 6.05. The Morgan fingerprint density at radius 1 is 1.46 bits per heavy atom. The van der Waals surface area contributed by atoms with Gasteiger partial charge in [-0.2, -0.15) is 11.3 Å². The van der Waals surface area contributed by atoms with Crippen molar-refractivity contribution < 1.29 is 9.53 Å². The molecule has 2 atom stereocenters. The normalized spacial score (nSPS) is 25.8. The number of nitrogens with zero attached hydrogens (tertiary/aromatic N) is 2. The fourth-order valence-corrected chi connectivity index (χ4v) is 4.86. The van der Waals surface area contributed by atoms with E-state index in [1.165, 1.54) is 12.8 Å². The van der Waals surface area contributed by atoms with E-state index in [0.717, 1.165) is 37.2 Å². The van der Waals surface area contributed by atoms with Crippen LogP contribution in [0.2, 0.25) is 0 Å². The highest BCUT2D eigenvalue weighted by molar-refractivity contribution is 7.08. The molecule has 5 heteroatoms. The molecule has 0 radical (unpaired) electrons. The lowest BCUT2D eigenvalue weighted by molar-refractivity contribution is 0.0264. The number of likely N-dealkylation sites (tertiary alicyclic amines) is 1. The zero-order valence-electron chi connectivity index (χ0n) is 13.7. The Morgan fingerprint density at radius 3 is 3.21 bits per heavy atom. The number of thiophene rings is 1. The Hall–Kier alpha value is -1.72. The van der Waals surface area contributed by atoms with Crippen LogP contribution in [0.3, 0.4) is 0 Å². The fourth-order valence-electron chi connectivity index (χ4n) is 4.23. The zero-order valence-corrected chi connectivity index (χ0v) is 14.5. The highest BCUT2D eigenvalue weighted by Crippen LogP contribution is 2.49. The number of amides is 1. The second-order valence-corrected chi connectivity index (χ2v) is 7.78. The van der Waals surface area contributed by atoms with Crippen molar-refractivity contribution in [1.29, 1.82) is 0 Å². The van der Waals surface area contributed by atoms with E-state index in [0.29, 0.717) is 12.5 Å². The van der Waals surface area contributed by atoms with Gasteiger partial charge in [0.2, 0.25) is 0 Å². The summed E-state index contributed by atoms with van der Waals surface area (Å²) in [6, 6.07) is 5.90. The van der Waals surface area contributed by atoms with Crippen LogP contribution in [0.4, 0.5) is 0 Å². The van der Waals surface area contributed by atoms with Gasteiger partial charge in [-0.25, -0.2) is 0 Å². The molecule has 0 bridgehead atoms. The quantitative estimate of drug-likeness (QED) is 0.834. The molecule has 2 aromatic heterocycles. The molecule has 1 saturated carbocycles. The molecule has 0 unspecified atom stereocenters. The van der Waals surface area contributed by atoms with Gasteiger partial charge in [0.1, 0.15) is 0 Å². The van der Waals surface area contributed by atoms with Crippen molar-refractivity contribution in [1.82, 2.24) is 9.88 Å². The van der Waals surface area contributed by atoms with Gasteiger partial charge in [0.25, 0.3) is 5.91 Å². The van der Waals surface area contributed by atoms with Crippen LogP contribution >= 0.6 is 11.3 Å². The molecule has 1 amide bonds. The Labute approximate surface area is 146 Å². The predicted molar refractivity (Wildman–Crippen MR) is 93.9 cm³/mol. The van der Waals surface area contributed by atoms with Gasteiger partial charge in [-0.3, -0.25) is 9.78 Å². The van der Waals surface area contributed by atoms with E-state index in [2.05, 4.69) is 4.98 Å². The summed E-state index contributed by atoms with van der Waals surface area (Å²) in [5.41, 5.74) is 2.08. The molecule has 24 heavy (non-hydrogen) atoms. The van der Waals surface area contributed by atoms with Crippen molar-refractivity contribution >= 4 is 17.2 Å². The van der Waals surface area contributed by atoms with Gasteiger partial charge in [0.15, 0.2) is 0 Å². The van der Waals surface area contributed by atoms with Crippen LogP contribution in [-0.4, -0.2) is 35.5 Å². The molecule has 2 aromatic rings. The molecule has 0 N–H and O–H groups in total. The first-order valence-corrected chi connectivity index (χ1v) is 9.49. The van der Waals surface area contributed by atoms with Crippen molar-refractivity contribution in [2.75, 3.05) is 19.7 Å². The first-order valence-electron chi connectivity index (χ1n) is 8.55. The van der Waals surface area contributed by atoms with Gasteiger partial charge in [-0.1, -0.05) is 12.5 Å². The van der Waals surface area contributed by atoms with Gasteiger partial charge < -0.3 is 9.64 Å². The topological polar surface area (TPSA) is 42.4 Å². The molecule has 2 fully saturated rings. The van der Waals surface area contributed by atoms with Gasteiger partial charge in [0, 0.05) is 36.3 Å². The van der Waals surface area contributed by atoms with E-state index in [9.17, 15) is 4.79 Å². The number of rotatable bonds is 5. The lowest BCUT2D eigenvalue weighted by Gasteiger charge is -2.28. The van der Waals surface area contributed by atoms with Crippen LogP contribution in [-0.2, 0) is 11.3 Å². The third-order valence-electron chi connectivity index (χ3n) is 5.48. The molecule has 1 aliphatic carbocycles. The second-order valence-electron chi connectivity index (χ2n) is 7.00. The Kier molecular flexibility index (Phi) is 4.37. The summed E-state index contributed by atoms with van der Waals surface area (Å²) in [6.07, 6.45) is 7.26. The zero-order chi connectivity index (χ0) is 16.4. The molecule has 2 aliphatic rings. The number of ether oxygens (including phenoxy) is 1. The average molecular weight is 342 g/mol. The third-order valence-corrected chi connectivity index (χ3v) is 6.16. The van der Waals surface area contributed by atoms with Crippen molar-refractivity contribution in [3.8, 4) is 0 Å². The molecule has 1 aliphatic heterocycles. The summed E-state index contributed by atoms with van der Waals surface area (Å²) in [4.78, 5) is 18.8. The number of pyridine rings is 1. The summed E-state index contributed by atoms with van der Waals surface area (Å²) in [6.45, 7) is 3.05. The highest BCUT2D eigenvalue weighted by atomic mass is 32.1. The molecular formula is C19H22N2O2S. The third kappa shape index (κ3) is 2.98. The van der Waals surface area contributed by atoms with Crippen LogP contribution in [0.15, 0.2) is 41.4 Å². The number of aromatic nitrogens is 1. The largest absolute Gasteiger partial charge is 0.376 e. The lowest BCUT2D eigenvalue weighted by atomic mass is 9.81. The molecule has 1 saturated heterocycles. The predicted octanol–water partition coefficient (Wildman–Crippen LogP) is 3.60. The first-order chi connectivity index (χ1) is 11.8. The molecule has 0 spiro atoms. The van der Waals surface area contributed by atoms with Crippen molar-refractivity contribution in [2.45, 2.75) is 25.9 Å². The monoisotopic (exact) mass is 342 g/mol. The van der Waals surface area contributed by atoms with Crippen LogP contribution < -0.4 is 0 Å². The van der Waals surface area contributed by atoms with E-state index in [4.69, 9.17) is 4.74 Å². The standard InChI is InChI=1S/C19H22N2O2S/c22-18(16-5-8-24-12-16)21-10-17-4-1-6-19(17,13-21)14-23-11-15-3-2-7-20-9-15/h2-3,5,7-9,12,17H,1,4,6,10-11,13-14H2/t17-,19+/m1/s1. The minimum Gasteiger partial charge on any atom is -0.376 e. The van der Waals surface area contributed by atoms with Crippen LogP contribution in [0.5, 0.6) is 0 Å². The maximum atomic E-state index is 12.7. The van der Waals surface area contributed by atoms with Crippen molar-refractivity contribution in [3.05, 3.63) is 52.5 Å². The summed E-state index contributed by atoms with van der Waals surface area (Å²) >= 11 is 1.58. The summed E-state index contributed by atoms with van der Waals surface area (Å²) in [5.74, 6) is 0.756. The second kappa shape index (κ2) is 6.65. The van der Waals surface area contributed by atoms with Gasteiger partial charge in [-0.15, -0.1) is 0 Å². The van der Waals surface area contributed by atoms with Crippen LogP contribution in [0, 0.1) is 11.3 Å². The van der Waals surface area contributed by atoms with Gasteiger partial charge >= 0.3 is 0 Å². The maximum Gasteiger partial charge on any atom is 0.254 e. The summed E-state index contributed by atoms with van der Waals surface area (Å²) in [5, 5.41) is 3.92. The Balaban J connectivity index is 1.40. The van der Waals surface area contributed by atoms with Gasteiger partial charge in [-0.05, 0) is 41.8 Å². The number of carbonyl (C=O) groups is 1. The summed E-state index contributed by atoms with van der Waals surface area (Å²) in [7, 11) is 0. The van der Waals surface area contributed by atoms with Crippen molar-refractivity contribution in [3.63, 3.8) is 0 Å². The maximum absolute atomic E-state index is 12.7. The van der Waals surface area contributed by atoms with E-state index in [1.54, 1.807) is 17.5 Å². The smallest absolute Gasteiger partial charge is 0.254 e. The van der Waals surface area contributed by atoms with E-state index in [1.807, 2.05) is 40.1 Å². The number of carbonyl (C=O) groups excluding carboxylic acids is 1. The SMILES string of the molecule is O=C(c1ccsc1)N1C[C@H]2CCC[C@@]2(COCc2cccnc2)C1. The number of hydrogen-bond acceptors (Lipinski definition) is 4. The van der Waals surface area contributed by atoms with Crippen molar-refractivity contribution in [2.24, 2.45) is 11.3 Å². The number of fused-ring (bicyclic) bond motifs is 1. The molecule has 4 nitrogen and oxygen atoms in total. The Morgan fingerprint density at radius 2 is 2.42 bits per heavy atom. The van der Waals surface area contributed by atoms with Gasteiger partial charge in [0.05, 0.1) is 18.8 Å². The van der Waals surface area contributed by atoms with E-state index >= 15 is 0 Å². The van der Waals surface area contributed by atoms with E-state index in [-0.39, 0.29) is 11.3 Å². The van der Waals surface area contributed by atoms with Crippen LogP contribution in [0.25, 0.3) is 0 Å². The highest BCUT2D eigenvalue weighted by Gasteiger charge is 2.50. The molecule has 3 heterocycles. The molecule has 4 rings (SSSR count). The van der Waals surface area contributed by atoms with E-state index < -0.39 is 0 Å². The average Bonchev–Trinajstić information content (AvgIpc) is 3.31.